The quantitative estimate of drug-likeness (QED) is 0.781. The van der Waals surface area contributed by atoms with Crippen LogP contribution < -0.4 is 20.5 Å². The summed E-state index contributed by atoms with van der Waals surface area (Å²) in [6.07, 6.45) is 0.116. The first-order valence-electron chi connectivity index (χ1n) is 7.14. The fraction of sp³-hybridized carbons (Fsp3) is 0.294. The van der Waals surface area contributed by atoms with Gasteiger partial charge in [-0.05, 0) is 51.1 Å². The molecule has 0 bridgehead atoms. The number of hydrogen-bond acceptors (Lipinski definition) is 4. The van der Waals surface area contributed by atoms with Gasteiger partial charge in [-0.2, -0.15) is 0 Å². The summed E-state index contributed by atoms with van der Waals surface area (Å²) in [5.74, 6) is 1.62. The van der Waals surface area contributed by atoms with Gasteiger partial charge in [-0.15, -0.1) is 0 Å². The molecular weight excluding hydrogens is 264 g/mol. The SMILES string of the molecule is CCOc1ccc(Nc2cc(N)cc(OC(C)C)c2)cc1. The Morgan fingerprint density at radius 2 is 1.71 bits per heavy atom. The minimum absolute atomic E-state index is 0.116. The Morgan fingerprint density at radius 1 is 1.00 bits per heavy atom. The highest BCUT2D eigenvalue weighted by atomic mass is 16.5. The zero-order valence-electron chi connectivity index (χ0n) is 12.7. The highest BCUT2D eigenvalue weighted by Gasteiger charge is 2.03. The van der Waals surface area contributed by atoms with Gasteiger partial charge in [0, 0.05) is 29.2 Å². The van der Waals surface area contributed by atoms with Crippen LogP contribution in [-0.2, 0) is 0 Å². The molecule has 0 saturated carbocycles. The van der Waals surface area contributed by atoms with E-state index in [4.69, 9.17) is 15.2 Å². The molecular formula is C17H22N2O2. The second-order valence-electron chi connectivity index (χ2n) is 5.04. The highest BCUT2D eigenvalue weighted by molar-refractivity contribution is 5.66. The minimum Gasteiger partial charge on any atom is -0.494 e. The van der Waals surface area contributed by atoms with Crippen molar-refractivity contribution < 1.29 is 9.47 Å². The molecule has 0 saturated heterocycles. The van der Waals surface area contributed by atoms with E-state index in [1.807, 2.05) is 63.2 Å². The molecule has 0 aliphatic rings. The van der Waals surface area contributed by atoms with Crippen LogP contribution in [0.25, 0.3) is 0 Å². The molecule has 2 aromatic rings. The van der Waals surface area contributed by atoms with Crippen molar-refractivity contribution in [2.24, 2.45) is 0 Å². The largest absolute Gasteiger partial charge is 0.494 e. The maximum Gasteiger partial charge on any atom is 0.123 e. The Kier molecular flexibility index (Phi) is 4.93. The van der Waals surface area contributed by atoms with Crippen LogP contribution in [0, 0.1) is 0 Å². The summed E-state index contributed by atoms with van der Waals surface area (Å²) in [6.45, 7) is 6.61. The summed E-state index contributed by atoms with van der Waals surface area (Å²) in [6, 6.07) is 13.4. The van der Waals surface area contributed by atoms with Gasteiger partial charge in [-0.25, -0.2) is 0 Å². The molecule has 2 rings (SSSR count). The molecule has 0 aromatic heterocycles. The number of benzene rings is 2. The standard InChI is InChI=1S/C17H22N2O2/c1-4-20-16-7-5-14(6-8-16)19-15-9-13(18)10-17(11-15)21-12(2)3/h5-12,19H,4,18H2,1-3H3. The second-order valence-corrected chi connectivity index (χ2v) is 5.04. The third-order valence-corrected chi connectivity index (χ3v) is 2.75. The molecule has 0 amide bonds. The van der Waals surface area contributed by atoms with Crippen molar-refractivity contribution in [1.82, 2.24) is 0 Å². The maximum absolute atomic E-state index is 5.91. The molecule has 0 radical (unpaired) electrons. The van der Waals surface area contributed by atoms with Crippen LogP contribution in [0.2, 0.25) is 0 Å². The van der Waals surface area contributed by atoms with Gasteiger partial charge in [0.25, 0.3) is 0 Å². The summed E-state index contributed by atoms with van der Waals surface area (Å²) in [5, 5.41) is 3.31. The number of nitrogens with two attached hydrogens (primary N) is 1. The van der Waals surface area contributed by atoms with Crippen LogP contribution in [0.5, 0.6) is 11.5 Å². The minimum atomic E-state index is 0.116. The Bertz CT molecular complexity index is 580. The Hall–Kier alpha value is -2.36. The van der Waals surface area contributed by atoms with E-state index in [1.54, 1.807) is 0 Å². The molecule has 0 heterocycles. The lowest BCUT2D eigenvalue weighted by atomic mass is 10.2. The molecule has 0 aliphatic heterocycles. The van der Waals surface area contributed by atoms with Gasteiger partial charge in [-0.3, -0.25) is 0 Å². The van der Waals surface area contributed by atoms with Gasteiger partial charge >= 0.3 is 0 Å². The molecule has 21 heavy (non-hydrogen) atoms. The van der Waals surface area contributed by atoms with Crippen LogP contribution in [0.3, 0.4) is 0 Å². The summed E-state index contributed by atoms with van der Waals surface area (Å²) >= 11 is 0. The average Bonchev–Trinajstić information content (AvgIpc) is 2.40. The van der Waals surface area contributed by atoms with Crippen LogP contribution in [0.1, 0.15) is 20.8 Å². The number of ether oxygens (including phenoxy) is 2. The topological polar surface area (TPSA) is 56.5 Å². The second kappa shape index (κ2) is 6.88. The van der Waals surface area contributed by atoms with E-state index in [2.05, 4.69) is 5.32 Å². The monoisotopic (exact) mass is 286 g/mol. The Labute approximate surface area is 125 Å². The number of anilines is 3. The van der Waals surface area contributed by atoms with Gasteiger partial charge in [-0.1, -0.05) is 0 Å². The van der Waals surface area contributed by atoms with Crippen molar-refractivity contribution in [3.05, 3.63) is 42.5 Å². The first-order valence-corrected chi connectivity index (χ1v) is 7.14. The third-order valence-electron chi connectivity index (χ3n) is 2.75. The normalized spacial score (nSPS) is 10.5. The number of rotatable bonds is 6. The smallest absolute Gasteiger partial charge is 0.123 e. The lowest BCUT2D eigenvalue weighted by molar-refractivity contribution is 0.242. The van der Waals surface area contributed by atoms with Crippen LogP contribution >= 0.6 is 0 Å². The molecule has 0 fully saturated rings. The number of hydrogen-bond donors (Lipinski definition) is 2. The molecule has 0 spiro atoms. The van der Waals surface area contributed by atoms with Crippen molar-refractivity contribution in [2.75, 3.05) is 17.7 Å². The van der Waals surface area contributed by atoms with Crippen LogP contribution in [0.4, 0.5) is 17.1 Å². The molecule has 4 nitrogen and oxygen atoms in total. The lowest BCUT2D eigenvalue weighted by Crippen LogP contribution is -2.06. The molecule has 3 N–H and O–H groups in total. The molecule has 0 unspecified atom stereocenters. The van der Waals surface area contributed by atoms with Crippen LogP contribution in [-0.4, -0.2) is 12.7 Å². The van der Waals surface area contributed by atoms with Gasteiger partial charge in [0.05, 0.1) is 12.7 Å². The molecule has 112 valence electrons. The first-order chi connectivity index (χ1) is 10.1. The Morgan fingerprint density at radius 3 is 2.33 bits per heavy atom. The first kappa shape index (κ1) is 15.0. The predicted molar refractivity (Wildman–Crippen MR) is 87.5 cm³/mol. The van der Waals surface area contributed by atoms with Gasteiger partial charge < -0.3 is 20.5 Å². The van der Waals surface area contributed by atoms with Gasteiger partial charge in [0.15, 0.2) is 0 Å². The predicted octanol–water partition coefficient (Wildman–Crippen LogP) is 4.20. The van der Waals surface area contributed by atoms with Gasteiger partial charge in [0.1, 0.15) is 11.5 Å². The molecule has 0 atom stereocenters. The summed E-state index contributed by atoms with van der Waals surface area (Å²) in [7, 11) is 0. The van der Waals surface area contributed by atoms with E-state index in [1.165, 1.54) is 0 Å². The zero-order valence-corrected chi connectivity index (χ0v) is 12.7. The fourth-order valence-electron chi connectivity index (χ4n) is 2.00. The summed E-state index contributed by atoms with van der Waals surface area (Å²) in [5.41, 5.74) is 8.45. The Balaban J connectivity index is 2.12. The van der Waals surface area contributed by atoms with E-state index < -0.39 is 0 Å². The summed E-state index contributed by atoms with van der Waals surface area (Å²) in [4.78, 5) is 0. The van der Waals surface area contributed by atoms with Crippen molar-refractivity contribution >= 4 is 17.1 Å². The number of nitrogen functional groups attached to an aromatic ring is 1. The van der Waals surface area contributed by atoms with E-state index in [0.29, 0.717) is 12.3 Å². The van der Waals surface area contributed by atoms with Gasteiger partial charge in [0.2, 0.25) is 0 Å². The highest BCUT2D eigenvalue weighted by Crippen LogP contribution is 2.27. The van der Waals surface area contributed by atoms with Crippen molar-refractivity contribution in [3.8, 4) is 11.5 Å². The van der Waals surface area contributed by atoms with E-state index >= 15 is 0 Å². The van der Waals surface area contributed by atoms with E-state index in [-0.39, 0.29) is 6.10 Å². The third kappa shape index (κ3) is 4.60. The summed E-state index contributed by atoms with van der Waals surface area (Å²) < 4.78 is 11.1. The van der Waals surface area contributed by atoms with E-state index in [9.17, 15) is 0 Å². The lowest BCUT2D eigenvalue weighted by Gasteiger charge is -2.13. The molecule has 2 aromatic carbocycles. The van der Waals surface area contributed by atoms with Crippen molar-refractivity contribution in [3.63, 3.8) is 0 Å². The fourth-order valence-corrected chi connectivity index (χ4v) is 2.00. The number of nitrogens with one attached hydrogen (secondary N) is 1. The zero-order chi connectivity index (χ0) is 15.2. The van der Waals surface area contributed by atoms with E-state index in [0.717, 1.165) is 22.9 Å². The van der Waals surface area contributed by atoms with Crippen LogP contribution in [0.15, 0.2) is 42.5 Å². The maximum atomic E-state index is 5.91. The molecule has 0 aliphatic carbocycles. The average molecular weight is 286 g/mol. The molecule has 4 heteroatoms. The van der Waals surface area contributed by atoms with Crippen molar-refractivity contribution in [2.45, 2.75) is 26.9 Å². The van der Waals surface area contributed by atoms with Crippen molar-refractivity contribution in [1.29, 1.82) is 0 Å².